The number of halogens is 3. The molecule has 0 aliphatic heterocycles. The van der Waals surface area contributed by atoms with E-state index in [1.54, 1.807) is 13.0 Å². The second kappa shape index (κ2) is 6.95. The number of aryl methyl sites for hydroxylation is 1. The van der Waals surface area contributed by atoms with Gasteiger partial charge in [0.2, 0.25) is 0 Å². The summed E-state index contributed by atoms with van der Waals surface area (Å²) in [4.78, 5) is 13.2. The number of benzene rings is 2. The van der Waals surface area contributed by atoms with Crippen LogP contribution in [-0.4, -0.2) is 18.5 Å². The summed E-state index contributed by atoms with van der Waals surface area (Å²) in [5.74, 6) is -0.771. The summed E-state index contributed by atoms with van der Waals surface area (Å²) in [5, 5.41) is 2.58. The van der Waals surface area contributed by atoms with E-state index in [2.05, 4.69) is 10.1 Å². The fourth-order valence-corrected chi connectivity index (χ4v) is 2.38. The Balaban J connectivity index is 2.19. The van der Waals surface area contributed by atoms with Crippen molar-refractivity contribution in [3.63, 3.8) is 0 Å². The molecule has 1 amide bonds. The van der Waals surface area contributed by atoms with Crippen LogP contribution in [0, 0.1) is 6.92 Å². The van der Waals surface area contributed by atoms with Gasteiger partial charge in [-0.2, -0.15) is 0 Å². The van der Waals surface area contributed by atoms with Crippen molar-refractivity contribution in [3.8, 4) is 5.75 Å². The largest absolute Gasteiger partial charge is 0.573 e. The summed E-state index contributed by atoms with van der Waals surface area (Å²) in [6, 6.07) is 10.6. The van der Waals surface area contributed by atoms with Crippen LogP contribution in [0.1, 0.15) is 15.9 Å². The van der Waals surface area contributed by atoms with Crippen molar-refractivity contribution < 1.29 is 22.7 Å². The number of anilines is 1. The van der Waals surface area contributed by atoms with Crippen LogP contribution >= 0.6 is 11.8 Å². The Morgan fingerprint density at radius 1 is 1.17 bits per heavy atom. The Kier molecular flexibility index (Phi) is 5.20. The van der Waals surface area contributed by atoms with E-state index in [9.17, 15) is 18.0 Å². The smallest absolute Gasteiger partial charge is 0.406 e. The summed E-state index contributed by atoms with van der Waals surface area (Å²) in [7, 11) is 0. The normalized spacial score (nSPS) is 11.2. The average molecular weight is 341 g/mol. The molecule has 1 N–H and O–H groups in total. The minimum Gasteiger partial charge on any atom is -0.406 e. The lowest BCUT2D eigenvalue weighted by molar-refractivity contribution is -0.274. The van der Waals surface area contributed by atoms with Gasteiger partial charge in [-0.25, -0.2) is 0 Å². The standard InChI is InChI=1S/C16H14F3NO2S/c1-10-6-7-13(23-2)9-14(10)15(21)20-11-4-3-5-12(8-11)22-16(17,18)19/h3-9H,1-2H3,(H,20,21). The van der Waals surface area contributed by atoms with E-state index < -0.39 is 6.36 Å². The molecule has 0 saturated carbocycles. The lowest BCUT2D eigenvalue weighted by Crippen LogP contribution is -2.17. The Bertz CT molecular complexity index is 717. The molecule has 0 fully saturated rings. The molecule has 2 aromatic rings. The fourth-order valence-electron chi connectivity index (χ4n) is 1.94. The first-order chi connectivity index (χ1) is 10.8. The highest BCUT2D eigenvalue weighted by Gasteiger charge is 2.31. The molecule has 7 heteroatoms. The summed E-state index contributed by atoms with van der Waals surface area (Å²) >= 11 is 1.50. The molecule has 122 valence electrons. The number of amides is 1. The van der Waals surface area contributed by atoms with Gasteiger partial charge in [0, 0.05) is 22.2 Å². The van der Waals surface area contributed by atoms with Gasteiger partial charge in [0.15, 0.2) is 0 Å². The SMILES string of the molecule is CSc1ccc(C)c(C(=O)Nc2cccc(OC(F)(F)F)c2)c1. The molecule has 2 rings (SSSR count). The first kappa shape index (κ1) is 17.2. The molecule has 3 nitrogen and oxygen atoms in total. The zero-order chi connectivity index (χ0) is 17.0. The Hall–Kier alpha value is -2.15. The molecule has 0 atom stereocenters. The maximum atomic E-state index is 12.3. The number of thioether (sulfide) groups is 1. The van der Waals surface area contributed by atoms with Gasteiger partial charge in [-0.05, 0) is 43.0 Å². The van der Waals surface area contributed by atoms with Gasteiger partial charge in [0.05, 0.1) is 0 Å². The van der Waals surface area contributed by atoms with Crippen LogP contribution in [0.3, 0.4) is 0 Å². The molecule has 0 bridgehead atoms. The molecule has 0 aliphatic carbocycles. The van der Waals surface area contributed by atoms with Gasteiger partial charge in [0.1, 0.15) is 5.75 Å². The fraction of sp³-hybridized carbons (Fsp3) is 0.188. The van der Waals surface area contributed by atoms with Crippen LogP contribution in [0.2, 0.25) is 0 Å². The third kappa shape index (κ3) is 4.92. The van der Waals surface area contributed by atoms with E-state index in [0.717, 1.165) is 16.5 Å². The molecule has 0 heterocycles. The van der Waals surface area contributed by atoms with Gasteiger partial charge in [0.25, 0.3) is 5.91 Å². The molecule has 0 aliphatic rings. The van der Waals surface area contributed by atoms with Crippen molar-refractivity contribution in [1.82, 2.24) is 0 Å². The van der Waals surface area contributed by atoms with E-state index in [1.165, 1.54) is 30.0 Å². The van der Waals surface area contributed by atoms with Gasteiger partial charge < -0.3 is 10.1 Å². The molecule has 23 heavy (non-hydrogen) atoms. The van der Waals surface area contributed by atoms with E-state index in [1.807, 2.05) is 18.4 Å². The summed E-state index contributed by atoms with van der Waals surface area (Å²) in [6.07, 6.45) is -2.88. The Morgan fingerprint density at radius 2 is 1.91 bits per heavy atom. The number of hydrogen-bond acceptors (Lipinski definition) is 3. The van der Waals surface area contributed by atoms with Crippen molar-refractivity contribution in [2.75, 3.05) is 11.6 Å². The number of carbonyl (C=O) groups excluding carboxylic acids is 1. The lowest BCUT2D eigenvalue weighted by atomic mass is 10.1. The number of hydrogen-bond donors (Lipinski definition) is 1. The van der Waals surface area contributed by atoms with Gasteiger partial charge >= 0.3 is 6.36 Å². The van der Waals surface area contributed by atoms with Crippen LogP contribution in [0.15, 0.2) is 47.4 Å². The van der Waals surface area contributed by atoms with Crippen LogP contribution in [0.25, 0.3) is 0 Å². The number of carbonyl (C=O) groups is 1. The maximum Gasteiger partial charge on any atom is 0.573 e. The molecule has 2 aromatic carbocycles. The maximum absolute atomic E-state index is 12.3. The zero-order valence-corrected chi connectivity index (χ0v) is 13.2. The lowest BCUT2D eigenvalue weighted by Gasteiger charge is -2.12. The summed E-state index contributed by atoms with van der Waals surface area (Å²) in [6.45, 7) is 1.79. The minimum atomic E-state index is -4.77. The molecule has 0 radical (unpaired) electrons. The van der Waals surface area contributed by atoms with Crippen LogP contribution in [-0.2, 0) is 0 Å². The number of ether oxygens (including phenoxy) is 1. The monoisotopic (exact) mass is 341 g/mol. The molecule has 0 saturated heterocycles. The molecule has 0 aromatic heterocycles. The van der Waals surface area contributed by atoms with Crippen LogP contribution in [0.5, 0.6) is 5.75 Å². The predicted molar refractivity (Wildman–Crippen MR) is 84.0 cm³/mol. The zero-order valence-electron chi connectivity index (χ0n) is 12.4. The van der Waals surface area contributed by atoms with Crippen molar-refractivity contribution in [2.45, 2.75) is 18.2 Å². The van der Waals surface area contributed by atoms with Crippen molar-refractivity contribution in [1.29, 1.82) is 0 Å². The second-order valence-corrected chi connectivity index (χ2v) is 5.59. The summed E-state index contributed by atoms with van der Waals surface area (Å²) < 4.78 is 40.5. The highest BCUT2D eigenvalue weighted by atomic mass is 32.2. The third-order valence-corrected chi connectivity index (χ3v) is 3.74. The molecule has 0 spiro atoms. The first-order valence-electron chi connectivity index (χ1n) is 6.60. The highest BCUT2D eigenvalue weighted by Crippen LogP contribution is 2.26. The first-order valence-corrected chi connectivity index (χ1v) is 7.83. The quantitative estimate of drug-likeness (QED) is 0.807. The third-order valence-electron chi connectivity index (χ3n) is 3.01. The van der Waals surface area contributed by atoms with Crippen molar-refractivity contribution >= 4 is 23.4 Å². The average Bonchev–Trinajstić information content (AvgIpc) is 2.46. The van der Waals surface area contributed by atoms with E-state index in [-0.39, 0.29) is 17.3 Å². The molecular formula is C16H14F3NO2S. The van der Waals surface area contributed by atoms with Gasteiger partial charge in [-0.15, -0.1) is 24.9 Å². The number of rotatable bonds is 4. The minimum absolute atomic E-state index is 0.228. The second-order valence-electron chi connectivity index (χ2n) is 4.71. The topological polar surface area (TPSA) is 38.3 Å². The Morgan fingerprint density at radius 3 is 2.57 bits per heavy atom. The Labute approximate surface area is 135 Å². The van der Waals surface area contributed by atoms with E-state index >= 15 is 0 Å². The van der Waals surface area contributed by atoms with Crippen molar-refractivity contribution in [2.24, 2.45) is 0 Å². The molecule has 0 unspecified atom stereocenters. The van der Waals surface area contributed by atoms with E-state index in [4.69, 9.17) is 0 Å². The van der Waals surface area contributed by atoms with Crippen LogP contribution < -0.4 is 10.1 Å². The van der Waals surface area contributed by atoms with Crippen molar-refractivity contribution in [3.05, 3.63) is 53.6 Å². The number of nitrogens with one attached hydrogen (secondary N) is 1. The number of alkyl halides is 3. The van der Waals surface area contributed by atoms with Gasteiger partial charge in [-0.3, -0.25) is 4.79 Å². The molecular weight excluding hydrogens is 327 g/mol. The predicted octanol–water partition coefficient (Wildman–Crippen LogP) is 4.87. The van der Waals surface area contributed by atoms with Gasteiger partial charge in [-0.1, -0.05) is 12.1 Å². The van der Waals surface area contributed by atoms with Crippen LogP contribution in [0.4, 0.5) is 18.9 Å². The highest BCUT2D eigenvalue weighted by molar-refractivity contribution is 7.98. The summed E-state index contributed by atoms with van der Waals surface area (Å²) in [5.41, 5.74) is 1.48. The van der Waals surface area contributed by atoms with E-state index in [0.29, 0.717) is 5.56 Å².